The molecule has 2 aromatic heterocycles. The number of hydrogen-bond donors (Lipinski definition) is 1. The number of nitrogens with one attached hydrogen (secondary N) is 1. The Bertz CT molecular complexity index is 783. The third-order valence-corrected chi connectivity index (χ3v) is 3.08. The van der Waals surface area contributed by atoms with E-state index in [9.17, 15) is 4.79 Å². The zero-order valence-electron chi connectivity index (χ0n) is 10.3. The Morgan fingerprint density at radius 3 is 2.78 bits per heavy atom. The van der Waals surface area contributed by atoms with Crippen LogP contribution in [-0.4, -0.2) is 14.8 Å². The smallest absolute Gasteiger partial charge is 0.264 e. The minimum absolute atomic E-state index is 0.0305. The monoisotopic (exact) mass is 239 g/mol. The van der Waals surface area contributed by atoms with Gasteiger partial charge >= 0.3 is 0 Å². The van der Waals surface area contributed by atoms with E-state index in [1.54, 1.807) is 10.8 Å². The molecule has 0 spiro atoms. The molecular formula is C14H13N3O. The third-order valence-electron chi connectivity index (χ3n) is 3.08. The normalized spacial score (nSPS) is 11.0. The van der Waals surface area contributed by atoms with Crippen LogP contribution >= 0.6 is 0 Å². The van der Waals surface area contributed by atoms with Gasteiger partial charge in [0.05, 0.1) is 5.39 Å². The molecule has 1 N–H and O–H groups in total. The summed E-state index contributed by atoms with van der Waals surface area (Å²) in [6.07, 6.45) is 1.76. The highest BCUT2D eigenvalue weighted by atomic mass is 16.1. The molecule has 3 rings (SSSR count). The van der Waals surface area contributed by atoms with Gasteiger partial charge in [-0.1, -0.05) is 18.2 Å². The number of aryl methyl sites for hydroxylation is 2. The number of benzene rings is 1. The quantitative estimate of drug-likeness (QED) is 0.708. The first-order chi connectivity index (χ1) is 8.66. The lowest BCUT2D eigenvalue weighted by Crippen LogP contribution is -2.18. The number of hydrogen-bond acceptors (Lipinski definition) is 2. The van der Waals surface area contributed by atoms with Gasteiger partial charge in [-0.15, -0.1) is 0 Å². The fourth-order valence-electron chi connectivity index (χ4n) is 2.17. The van der Waals surface area contributed by atoms with Gasteiger partial charge in [-0.2, -0.15) is 5.10 Å². The zero-order chi connectivity index (χ0) is 12.7. The summed E-state index contributed by atoms with van der Waals surface area (Å²) in [7, 11) is 0. The first kappa shape index (κ1) is 10.8. The molecule has 1 aromatic carbocycles. The van der Waals surface area contributed by atoms with Crippen LogP contribution in [0.2, 0.25) is 0 Å². The van der Waals surface area contributed by atoms with Gasteiger partial charge in [-0.05, 0) is 30.9 Å². The van der Waals surface area contributed by atoms with Crippen LogP contribution in [0.25, 0.3) is 16.6 Å². The van der Waals surface area contributed by atoms with Gasteiger partial charge in [-0.25, -0.2) is 0 Å². The summed E-state index contributed by atoms with van der Waals surface area (Å²) in [5.74, 6) is 0.627. The van der Waals surface area contributed by atoms with Crippen LogP contribution in [0, 0.1) is 13.8 Å². The number of pyridine rings is 1. The fourth-order valence-corrected chi connectivity index (χ4v) is 2.17. The lowest BCUT2D eigenvalue weighted by molar-refractivity contribution is 0.922. The maximum atomic E-state index is 12.5. The van der Waals surface area contributed by atoms with Gasteiger partial charge in [0.25, 0.3) is 5.56 Å². The number of fused-ring (bicyclic) bond motifs is 1. The Morgan fingerprint density at radius 2 is 2.06 bits per heavy atom. The predicted octanol–water partition coefficient (Wildman–Crippen LogP) is 2.33. The molecular weight excluding hydrogens is 226 g/mol. The van der Waals surface area contributed by atoms with Crippen molar-refractivity contribution >= 4 is 10.8 Å². The summed E-state index contributed by atoms with van der Waals surface area (Å²) in [5, 5.41) is 8.68. The largest absolute Gasteiger partial charge is 0.281 e. The average molecular weight is 239 g/mol. The molecule has 2 heterocycles. The van der Waals surface area contributed by atoms with Crippen LogP contribution in [0.5, 0.6) is 0 Å². The maximum absolute atomic E-state index is 12.5. The maximum Gasteiger partial charge on any atom is 0.264 e. The molecule has 90 valence electrons. The van der Waals surface area contributed by atoms with Gasteiger partial charge in [0.1, 0.15) is 0 Å². The molecule has 0 fully saturated rings. The number of rotatable bonds is 1. The van der Waals surface area contributed by atoms with E-state index >= 15 is 0 Å². The summed E-state index contributed by atoms with van der Waals surface area (Å²) in [5.41, 5.74) is 1.89. The second kappa shape index (κ2) is 3.84. The standard InChI is InChI=1S/C14H13N3O/c1-9-4-3-5-11-6-7-17(14(18)13(9)11)12-8-10(2)15-16-12/h3-8H,1-2H3,(H,15,16). The number of H-pyrrole nitrogens is 1. The Labute approximate surface area is 104 Å². The zero-order valence-corrected chi connectivity index (χ0v) is 10.3. The van der Waals surface area contributed by atoms with Gasteiger partial charge in [0.2, 0.25) is 0 Å². The van der Waals surface area contributed by atoms with Crippen molar-refractivity contribution in [3.05, 3.63) is 58.1 Å². The van der Waals surface area contributed by atoms with E-state index in [1.165, 1.54) is 0 Å². The Morgan fingerprint density at radius 1 is 1.22 bits per heavy atom. The van der Waals surface area contributed by atoms with E-state index in [2.05, 4.69) is 10.2 Å². The van der Waals surface area contributed by atoms with Crippen molar-refractivity contribution in [3.8, 4) is 5.82 Å². The van der Waals surface area contributed by atoms with Crippen LogP contribution in [0.1, 0.15) is 11.3 Å². The molecule has 18 heavy (non-hydrogen) atoms. The highest BCUT2D eigenvalue weighted by molar-refractivity contribution is 5.84. The lowest BCUT2D eigenvalue weighted by atomic mass is 10.1. The van der Waals surface area contributed by atoms with E-state index < -0.39 is 0 Å². The van der Waals surface area contributed by atoms with Crippen molar-refractivity contribution in [3.63, 3.8) is 0 Å². The summed E-state index contributed by atoms with van der Waals surface area (Å²) in [6, 6.07) is 9.65. The number of aromatic nitrogens is 3. The van der Waals surface area contributed by atoms with Crippen LogP contribution in [0.3, 0.4) is 0 Å². The number of nitrogens with zero attached hydrogens (tertiary/aromatic N) is 2. The van der Waals surface area contributed by atoms with Crippen LogP contribution < -0.4 is 5.56 Å². The molecule has 0 unspecified atom stereocenters. The molecule has 0 saturated carbocycles. The second-order valence-corrected chi connectivity index (χ2v) is 4.44. The molecule has 0 aliphatic carbocycles. The SMILES string of the molecule is Cc1cc(-n2ccc3cccc(C)c3c2=O)n[nH]1. The molecule has 4 nitrogen and oxygen atoms in total. The first-order valence-electron chi connectivity index (χ1n) is 5.80. The average Bonchev–Trinajstić information content (AvgIpc) is 2.76. The van der Waals surface area contributed by atoms with Crippen LogP contribution in [0.15, 0.2) is 41.3 Å². The van der Waals surface area contributed by atoms with E-state index in [-0.39, 0.29) is 5.56 Å². The lowest BCUT2D eigenvalue weighted by Gasteiger charge is -2.05. The van der Waals surface area contributed by atoms with Crippen molar-refractivity contribution in [2.45, 2.75) is 13.8 Å². The summed E-state index contributed by atoms with van der Waals surface area (Å²) in [6.45, 7) is 3.86. The topological polar surface area (TPSA) is 50.7 Å². The van der Waals surface area contributed by atoms with Gasteiger partial charge in [-0.3, -0.25) is 14.5 Å². The van der Waals surface area contributed by atoms with Gasteiger partial charge in [0, 0.05) is 18.0 Å². The molecule has 3 aromatic rings. The van der Waals surface area contributed by atoms with E-state index in [0.29, 0.717) is 5.82 Å². The van der Waals surface area contributed by atoms with Crippen LogP contribution in [0.4, 0.5) is 0 Å². The Balaban J connectivity index is 2.36. The van der Waals surface area contributed by atoms with E-state index in [0.717, 1.165) is 22.0 Å². The highest BCUT2D eigenvalue weighted by Gasteiger charge is 2.08. The van der Waals surface area contributed by atoms with Gasteiger partial charge in [0.15, 0.2) is 5.82 Å². The fraction of sp³-hybridized carbons (Fsp3) is 0.143. The molecule has 0 bridgehead atoms. The van der Waals surface area contributed by atoms with Gasteiger partial charge < -0.3 is 0 Å². The molecule has 0 atom stereocenters. The van der Waals surface area contributed by atoms with Crippen molar-refractivity contribution in [1.82, 2.24) is 14.8 Å². The van der Waals surface area contributed by atoms with Crippen molar-refractivity contribution in [2.24, 2.45) is 0 Å². The summed E-state index contributed by atoms with van der Waals surface area (Å²) < 4.78 is 1.57. The second-order valence-electron chi connectivity index (χ2n) is 4.44. The van der Waals surface area contributed by atoms with E-state index in [4.69, 9.17) is 0 Å². The Kier molecular flexibility index (Phi) is 2.30. The van der Waals surface area contributed by atoms with E-state index in [1.807, 2.05) is 44.2 Å². The summed E-state index contributed by atoms with van der Waals surface area (Å²) in [4.78, 5) is 12.5. The van der Waals surface area contributed by atoms with Crippen LogP contribution in [-0.2, 0) is 0 Å². The molecule has 0 amide bonds. The van der Waals surface area contributed by atoms with Crippen molar-refractivity contribution < 1.29 is 0 Å². The highest BCUT2D eigenvalue weighted by Crippen LogP contribution is 2.15. The molecule has 0 aliphatic heterocycles. The van der Waals surface area contributed by atoms with Crippen molar-refractivity contribution in [2.75, 3.05) is 0 Å². The van der Waals surface area contributed by atoms with Crippen molar-refractivity contribution in [1.29, 1.82) is 0 Å². The minimum Gasteiger partial charge on any atom is -0.281 e. The molecule has 0 aliphatic rings. The first-order valence-corrected chi connectivity index (χ1v) is 5.80. The predicted molar refractivity (Wildman–Crippen MR) is 71.2 cm³/mol. The Hall–Kier alpha value is -2.36. The summed E-state index contributed by atoms with van der Waals surface area (Å²) >= 11 is 0. The molecule has 0 saturated heterocycles. The minimum atomic E-state index is -0.0305. The molecule has 0 radical (unpaired) electrons. The number of aromatic amines is 1. The third kappa shape index (κ3) is 1.54. The molecule has 4 heteroatoms.